The summed E-state index contributed by atoms with van der Waals surface area (Å²) in [7, 11) is 0. The number of hydrogen-bond donors (Lipinski definition) is 1. The van der Waals surface area contributed by atoms with Crippen molar-refractivity contribution < 1.29 is 4.79 Å². The number of aryl methyl sites for hydroxylation is 3. The molecule has 0 aliphatic rings. The third-order valence-electron chi connectivity index (χ3n) is 4.93. The summed E-state index contributed by atoms with van der Waals surface area (Å²) in [6, 6.07) is 17.1. The van der Waals surface area contributed by atoms with Crippen LogP contribution in [0.4, 0.5) is 5.69 Å². The number of rotatable bonds is 5. The number of para-hydroxylation sites is 1. The second-order valence-electron chi connectivity index (χ2n) is 6.88. The Hall–Kier alpha value is -2.85. The summed E-state index contributed by atoms with van der Waals surface area (Å²) in [4.78, 5) is 25.5. The molecule has 0 atom stereocenters. The highest BCUT2D eigenvalue weighted by Gasteiger charge is 2.19. The quantitative estimate of drug-likeness (QED) is 0.667. The first-order valence-electron chi connectivity index (χ1n) is 9.20. The van der Waals surface area contributed by atoms with Crippen molar-refractivity contribution in [3.8, 4) is 0 Å². The highest BCUT2D eigenvalue weighted by Crippen LogP contribution is 2.26. The number of nitrogens with one attached hydrogen (secondary N) is 1. The van der Waals surface area contributed by atoms with Crippen LogP contribution in [-0.4, -0.2) is 10.5 Å². The van der Waals surface area contributed by atoms with E-state index >= 15 is 0 Å². The summed E-state index contributed by atoms with van der Waals surface area (Å²) in [6.07, 6.45) is 0.816. The molecular weight excluding hydrogens is 372 g/mol. The first-order valence-corrected chi connectivity index (χ1v) is 9.57. The summed E-state index contributed by atoms with van der Waals surface area (Å²) >= 11 is 6.22. The van der Waals surface area contributed by atoms with Crippen LogP contribution < -0.4 is 10.7 Å². The van der Waals surface area contributed by atoms with Crippen molar-refractivity contribution in [3.05, 3.63) is 97.9 Å². The van der Waals surface area contributed by atoms with Gasteiger partial charge in [0.15, 0.2) is 5.43 Å². The zero-order valence-corrected chi connectivity index (χ0v) is 17.0. The van der Waals surface area contributed by atoms with Gasteiger partial charge in [-0.1, -0.05) is 54.1 Å². The molecule has 1 aromatic heterocycles. The van der Waals surface area contributed by atoms with Gasteiger partial charge in [-0.25, -0.2) is 0 Å². The zero-order valence-electron chi connectivity index (χ0n) is 16.3. The second-order valence-corrected chi connectivity index (χ2v) is 7.29. The zero-order chi connectivity index (χ0) is 20.3. The highest BCUT2D eigenvalue weighted by atomic mass is 35.5. The van der Waals surface area contributed by atoms with E-state index in [4.69, 9.17) is 11.6 Å². The summed E-state index contributed by atoms with van der Waals surface area (Å²) in [6.45, 7) is 6.25. The molecule has 0 spiro atoms. The maximum atomic E-state index is 12.9. The SMILES string of the molecule is Cc1cccc(Cl)c1NC(=O)c1c(C)n(CCc2ccccc2)c(C)cc1=O. The minimum Gasteiger partial charge on any atom is -0.348 e. The molecule has 0 radical (unpaired) electrons. The normalized spacial score (nSPS) is 10.7. The van der Waals surface area contributed by atoms with E-state index in [2.05, 4.69) is 17.4 Å². The lowest BCUT2D eigenvalue weighted by Gasteiger charge is -2.18. The predicted molar refractivity (Wildman–Crippen MR) is 114 cm³/mol. The molecule has 0 aliphatic carbocycles. The van der Waals surface area contributed by atoms with Crippen molar-refractivity contribution in [1.82, 2.24) is 4.57 Å². The highest BCUT2D eigenvalue weighted by molar-refractivity contribution is 6.34. The topological polar surface area (TPSA) is 51.1 Å². The van der Waals surface area contributed by atoms with E-state index in [9.17, 15) is 9.59 Å². The minimum absolute atomic E-state index is 0.151. The standard InChI is InChI=1S/C23H23ClN2O2/c1-15-8-7-11-19(24)22(15)25-23(28)21-17(3)26(16(2)14-20(21)27)13-12-18-9-5-4-6-10-18/h4-11,14H,12-13H2,1-3H3,(H,25,28). The van der Waals surface area contributed by atoms with Crippen molar-refractivity contribution >= 4 is 23.2 Å². The molecule has 4 nitrogen and oxygen atoms in total. The Kier molecular flexibility index (Phi) is 6.00. The van der Waals surface area contributed by atoms with E-state index in [0.29, 0.717) is 22.9 Å². The van der Waals surface area contributed by atoms with Gasteiger partial charge >= 0.3 is 0 Å². The maximum absolute atomic E-state index is 12.9. The van der Waals surface area contributed by atoms with Gasteiger partial charge in [-0.05, 0) is 44.4 Å². The van der Waals surface area contributed by atoms with Crippen LogP contribution in [-0.2, 0) is 13.0 Å². The third kappa shape index (κ3) is 4.18. The fourth-order valence-electron chi connectivity index (χ4n) is 3.39. The molecule has 2 aromatic carbocycles. The predicted octanol–water partition coefficient (Wildman–Crippen LogP) is 4.92. The third-order valence-corrected chi connectivity index (χ3v) is 5.25. The molecule has 1 N–H and O–H groups in total. The Balaban J connectivity index is 1.92. The molecular formula is C23H23ClN2O2. The van der Waals surface area contributed by atoms with Crippen LogP contribution in [0.1, 0.15) is 32.9 Å². The Morgan fingerprint density at radius 3 is 2.43 bits per heavy atom. The molecule has 144 valence electrons. The molecule has 0 bridgehead atoms. The molecule has 3 aromatic rings. The molecule has 0 unspecified atom stereocenters. The lowest BCUT2D eigenvalue weighted by atomic mass is 10.1. The van der Waals surface area contributed by atoms with E-state index in [1.54, 1.807) is 6.07 Å². The first kappa shape index (κ1) is 19.9. The Morgan fingerprint density at radius 1 is 1.04 bits per heavy atom. The van der Waals surface area contributed by atoms with Crippen molar-refractivity contribution in [3.63, 3.8) is 0 Å². The largest absolute Gasteiger partial charge is 0.348 e. The number of anilines is 1. The van der Waals surface area contributed by atoms with Gasteiger partial charge in [-0.3, -0.25) is 9.59 Å². The number of carbonyl (C=O) groups excluding carboxylic acids is 1. The summed E-state index contributed by atoms with van der Waals surface area (Å²) < 4.78 is 2.02. The van der Waals surface area contributed by atoms with Gasteiger partial charge in [0.05, 0.1) is 10.7 Å². The molecule has 28 heavy (non-hydrogen) atoms. The van der Waals surface area contributed by atoms with Crippen molar-refractivity contribution in [2.24, 2.45) is 0 Å². The number of benzene rings is 2. The molecule has 3 rings (SSSR count). The average Bonchev–Trinajstić information content (AvgIpc) is 2.65. The smallest absolute Gasteiger partial charge is 0.261 e. The van der Waals surface area contributed by atoms with Crippen LogP contribution in [0.3, 0.4) is 0 Å². The summed E-state index contributed by atoms with van der Waals surface area (Å²) in [5.41, 5.74) is 3.94. The number of halogens is 1. The number of carbonyl (C=O) groups is 1. The molecule has 1 amide bonds. The van der Waals surface area contributed by atoms with E-state index in [0.717, 1.165) is 17.7 Å². The summed E-state index contributed by atoms with van der Waals surface area (Å²) in [5.74, 6) is -0.438. The number of hydrogen-bond acceptors (Lipinski definition) is 2. The Labute approximate surface area is 169 Å². The van der Waals surface area contributed by atoms with Gasteiger partial charge in [0.1, 0.15) is 5.56 Å². The van der Waals surface area contributed by atoms with Crippen LogP contribution in [0.25, 0.3) is 0 Å². The minimum atomic E-state index is -0.438. The lowest BCUT2D eigenvalue weighted by molar-refractivity contribution is 0.102. The van der Waals surface area contributed by atoms with Gasteiger partial charge in [0, 0.05) is 24.0 Å². The molecule has 5 heteroatoms. The van der Waals surface area contributed by atoms with Crippen molar-refractivity contribution in [2.45, 2.75) is 33.7 Å². The monoisotopic (exact) mass is 394 g/mol. The second kappa shape index (κ2) is 8.44. The number of nitrogens with zero attached hydrogens (tertiary/aromatic N) is 1. The Morgan fingerprint density at radius 2 is 1.75 bits per heavy atom. The van der Waals surface area contributed by atoms with Crippen molar-refractivity contribution in [1.29, 1.82) is 0 Å². The van der Waals surface area contributed by atoms with Crippen molar-refractivity contribution in [2.75, 3.05) is 5.32 Å². The van der Waals surface area contributed by atoms with Crippen LogP contribution in [0.2, 0.25) is 5.02 Å². The van der Waals surface area contributed by atoms with Gasteiger partial charge in [-0.2, -0.15) is 0 Å². The summed E-state index contributed by atoms with van der Waals surface area (Å²) in [5, 5.41) is 3.26. The van der Waals surface area contributed by atoms with Crippen LogP contribution in [0.15, 0.2) is 59.4 Å². The lowest BCUT2D eigenvalue weighted by Crippen LogP contribution is -2.27. The van der Waals surface area contributed by atoms with E-state index < -0.39 is 5.91 Å². The van der Waals surface area contributed by atoms with E-state index in [1.165, 1.54) is 11.6 Å². The number of amides is 1. The van der Waals surface area contributed by atoms with Gasteiger partial charge in [-0.15, -0.1) is 0 Å². The molecule has 1 heterocycles. The number of aromatic nitrogens is 1. The molecule has 0 saturated heterocycles. The van der Waals surface area contributed by atoms with Crippen LogP contribution in [0, 0.1) is 20.8 Å². The maximum Gasteiger partial charge on any atom is 0.261 e. The molecule has 0 fully saturated rings. The van der Waals surface area contributed by atoms with E-state index in [1.807, 2.05) is 55.7 Å². The fourth-order valence-corrected chi connectivity index (χ4v) is 3.66. The molecule has 0 saturated carbocycles. The Bertz CT molecular complexity index is 1050. The average molecular weight is 395 g/mol. The van der Waals surface area contributed by atoms with Gasteiger partial charge < -0.3 is 9.88 Å². The number of pyridine rings is 1. The molecule has 0 aliphatic heterocycles. The van der Waals surface area contributed by atoms with Gasteiger partial charge in [0.25, 0.3) is 5.91 Å². The fraction of sp³-hybridized carbons (Fsp3) is 0.217. The van der Waals surface area contributed by atoms with Gasteiger partial charge in [0.2, 0.25) is 0 Å². The van der Waals surface area contributed by atoms with Crippen LogP contribution >= 0.6 is 11.6 Å². The van der Waals surface area contributed by atoms with E-state index in [-0.39, 0.29) is 11.0 Å². The van der Waals surface area contributed by atoms with Crippen LogP contribution in [0.5, 0.6) is 0 Å². The first-order chi connectivity index (χ1) is 13.4.